The minimum absolute atomic E-state index is 0.0145. The molecule has 1 heterocycles. The van der Waals surface area contributed by atoms with Crippen LogP contribution in [0.3, 0.4) is 0 Å². The Morgan fingerprint density at radius 1 is 1.20 bits per heavy atom. The lowest BCUT2D eigenvalue weighted by molar-refractivity contribution is -0.137. The minimum Gasteiger partial charge on any atom is -0.438 e. The number of nitrogens with zero attached hydrogens (tertiary/aromatic N) is 1. The van der Waals surface area contributed by atoms with Gasteiger partial charge in [0.2, 0.25) is 5.88 Å². The quantitative estimate of drug-likeness (QED) is 0.795. The number of ether oxygens (including phenoxy) is 1. The Hall–Kier alpha value is -2.37. The maximum Gasteiger partial charge on any atom is 0.416 e. The molecule has 0 saturated carbocycles. The van der Waals surface area contributed by atoms with Crippen LogP contribution in [0.2, 0.25) is 0 Å². The van der Waals surface area contributed by atoms with Gasteiger partial charge in [-0.2, -0.15) is 13.2 Å². The van der Waals surface area contributed by atoms with E-state index in [2.05, 4.69) is 4.98 Å². The van der Waals surface area contributed by atoms with Crippen LogP contribution in [-0.2, 0) is 6.18 Å². The monoisotopic (exact) mass is 281 g/mol. The Labute approximate surface area is 113 Å². The Bertz CT molecular complexity index is 638. The van der Waals surface area contributed by atoms with Crippen LogP contribution >= 0.6 is 0 Å². The summed E-state index contributed by atoms with van der Waals surface area (Å²) in [6.45, 7) is 1.33. The molecular weight excluding hydrogens is 271 g/mol. The highest BCUT2D eigenvalue weighted by atomic mass is 19.4. The molecule has 0 atom stereocenters. The molecule has 0 amide bonds. The maximum atomic E-state index is 12.6. The van der Waals surface area contributed by atoms with Crippen LogP contribution in [0.15, 0.2) is 42.6 Å². The summed E-state index contributed by atoms with van der Waals surface area (Å²) in [6.07, 6.45) is -3.05. The first-order valence-electron chi connectivity index (χ1n) is 5.69. The Morgan fingerprint density at radius 3 is 2.60 bits per heavy atom. The number of ketones is 1. The van der Waals surface area contributed by atoms with Gasteiger partial charge in [0.25, 0.3) is 0 Å². The van der Waals surface area contributed by atoms with Crippen molar-refractivity contribution >= 4 is 5.78 Å². The highest BCUT2D eigenvalue weighted by molar-refractivity contribution is 5.96. The molecule has 0 aliphatic carbocycles. The highest BCUT2D eigenvalue weighted by Crippen LogP contribution is 2.32. The van der Waals surface area contributed by atoms with E-state index in [1.165, 1.54) is 31.3 Å². The molecule has 0 fully saturated rings. The third-order valence-electron chi connectivity index (χ3n) is 2.53. The van der Waals surface area contributed by atoms with Crippen LogP contribution in [0.25, 0.3) is 0 Å². The molecule has 1 aromatic heterocycles. The predicted molar refractivity (Wildman–Crippen MR) is 65.8 cm³/mol. The van der Waals surface area contributed by atoms with Crippen molar-refractivity contribution in [1.29, 1.82) is 0 Å². The number of alkyl halides is 3. The summed E-state index contributed by atoms with van der Waals surface area (Å²) in [5.74, 6) is -0.319. The third kappa shape index (κ3) is 3.14. The standard InChI is InChI=1S/C14H10F3NO2/c1-9(19)12-6-3-7-18-13(12)20-11-5-2-4-10(8-11)14(15,16)17/h2-8H,1H3. The minimum atomic E-state index is -4.45. The predicted octanol–water partition coefficient (Wildman–Crippen LogP) is 4.10. The molecule has 0 aliphatic heterocycles. The topological polar surface area (TPSA) is 39.2 Å². The molecule has 0 spiro atoms. The SMILES string of the molecule is CC(=O)c1cccnc1Oc1cccc(C(F)(F)F)c1. The molecule has 104 valence electrons. The number of aromatic nitrogens is 1. The van der Waals surface area contributed by atoms with E-state index in [0.717, 1.165) is 12.1 Å². The average Bonchev–Trinajstić information content (AvgIpc) is 2.38. The number of Topliss-reactive ketones (excluding diaryl/α,β-unsaturated/α-hetero) is 1. The van der Waals surface area contributed by atoms with Crippen LogP contribution in [-0.4, -0.2) is 10.8 Å². The molecule has 3 nitrogen and oxygen atoms in total. The lowest BCUT2D eigenvalue weighted by Crippen LogP contribution is -2.05. The molecular formula is C14H10F3NO2. The van der Waals surface area contributed by atoms with E-state index >= 15 is 0 Å². The van der Waals surface area contributed by atoms with Crippen LogP contribution in [0.1, 0.15) is 22.8 Å². The van der Waals surface area contributed by atoms with Gasteiger partial charge in [-0.3, -0.25) is 4.79 Å². The average molecular weight is 281 g/mol. The van der Waals surface area contributed by atoms with Crippen LogP contribution < -0.4 is 4.74 Å². The van der Waals surface area contributed by atoms with Gasteiger partial charge in [0.15, 0.2) is 5.78 Å². The fourth-order valence-electron chi connectivity index (χ4n) is 1.59. The second-order valence-corrected chi connectivity index (χ2v) is 4.04. The maximum absolute atomic E-state index is 12.6. The number of halogens is 3. The molecule has 0 N–H and O–H groups in total. The number of hydrogen-bond acceptors (Lipinski definition) is 3. The molecule has 0 bridgehead atoms. The molecule has 0 saturated heterocycles. The number of hydrogen-bond donors (Lipinski definition) is 0. The Morgan fingerprint density at radius 2 is 1.95 bits per heavy atom. The third-order valence-corrected chi connectivity index (χ3v) is 2.53. The van der Waals surface area contributed by atoms with Crippen LogP contribution in [0.4, 0.5) is 13.2 Å². The van der Waals surface area contributed by atoms with Crippen molar-refractivity contribution in [2.75, 3.05) is 0 Å². The second kappa shape index (κ2) is 5.32. The summed E-state index contributed by atoms with van der Waals surface area (Å²) in [5, 5.41) is 0. The summed E-state index contributed by atoms with van der Waals surface area (Å²) in [5.41, 5.74) is -0.611. The van der Waals surface area contributed by atoms with Crippen molar-refractivity contribution in [1.82, 2.24) is 4.98 Å². The summed E-state index contributed by atoms with van der Waals surface area (Å²) in [4.78, 5) is 15.2. The summed E-state index contributed by atoms with van der Waals surface area (Å²) in [7, 11) is 0. The van der Waals surface area contributed by atoms with Crippen molar-refractivity contribution in [3.8, 4) is 11.6 Å². The van der Waals surface area contributed by atoms with Crippen LogP contribution in [0.5, 0.6) is 11.6 Å². The van der Waals surface area contributed by atoms with Crippen molar-refractivity contribution in [3.05, 3.63) is 53.7 Å². The number of pyridine rings is 1. The van der Waals surface area contributed by atoms with Gasteiger partial charge < -0.3 is 4.74 Å². The number of benzene rings is 1. The van der Waals surface area contributed by atoms with E-state index < -0.39 is 11.7 Å². The Kier molecular flexibility index (Phi) is 3.74. The zero-order valence-corrected chi connectivity index (χ0v) is 10.4. The lowest BCUT2D eigenvalue weighted by atomic mass is 10.2. The molecule has 0 unspecified atom stereocenters. The first kappa shape index (κ1) is 14.0. The molecule has 2 aromatic rings. The van der Waals surface area contributed by atoms with Gasteiger partial charge in [0.05, 0.1) is 11.1 Å². The van der Waals surface area contributed by atoms with Gasteiger partial charge in [-0.25, -0.2) is 4.98 Å². The summed E-state index contributed by atoms with van der Waals surface area (Å²) < 4.78 is 43.0. The first-order chi connectivity index (χ1) is 9.38. The van der Waals surface area contributed by atoms with Crippen LogP contribution in [0, 0.1) is 0 Å². The fraction of sp³-hybridized carbons (Fsp3) is 0.143. The number of carbonyl (C=O) groups is 1. The summed E-state index contributed by atoms with van der Waals surface area (Å²) >= 11 is 0. The van der Waals surface area contributed by atoms with E-state index in [0.29, 0.717) is 0 Å². The molecule has 2 rings (SSSR count). The van der Waals surface area contributed by atoms with Gasteiger partial charge in [0.1, 0.15) is 5.75 Å². The number of rotatable bonds is 3. The van der Waals surface area contributed by atoms with Crippen molar-refractivity contribution in [2.24, 2.45) is 0 Å². The van der Waals surface area contributed by atoms with Crippen molar-refractivity contribution in [2.45, 2.75) is 13.1 Å². The smallest absolute Gasteiger partial charge is 0.416 e. The molecule has 20 heavy (non-hydrogen) atoms. The van der Waals surface area contributed by atoms with E-state index in [1.54, 1.807) is 6.07 Å². The van der Waals surface area contributed by atoms with Gasteiger partial charge in [-0.1, -0.05) is 6.07 Å². The molecule has 0 aliphatic rings. The van der Waals surface area contributed by atoms with E-state index in [1.807, 2.05) is 0 Å². The lowest BCUT2D eigenvalue weighted by Gasteiger charge is -2.10. The molecule has 0 radical (unpaired) electrons. The zero-order valence-electron chi connectivity index (χ0n) is 10.4. The Balaban J connectivity index is 2.34. The van der Waals surface area contributed by atoms with Gasteiger partial charge in [0, 0.05) is 6.20 Å². The normalized spacial score (nSPS) is 11.2. The molecule has 1 aromatic carbocycles. The molecule has 6 heteroatoms. The van der Waals surface area contributed by atoms with E-state index in [-0.39, 0.29) is 23.0 Å². The highest BCUT2D eigenvalue weighted by Gasteiger charge is 2.30. The second-order valence-electron chi connectivity index (χ2n) is 4.04. The van der Waals surface area contributed by atoms with Crippen molar-refractivity contribution in [3.63, 3.8) is 0 Å². The van der Waals surface area contributed by atoms with E-state index in [4.69, 9.17) is 4.74 Å². The van der Waals surface area contributed by atoms with Gasteiger partial charge >= 0.3 is 6.18 Å². The first-order valence-corrected chi connectivity index (χ1v) is 5.69. The van der Waals surface area contributed by atoms with Gasteiger partial charge in [-0.05, 0) is 37.3 Å². The van der Waals surface area contributed by atoms with Gasteiger partial charge in [-0.15, -0.1) is 0 Å². The van der Waals surface area contributed by atoms with Crippen molar-refractivity contribution < 1.29 is 22.7 Å². The van der Waals surface area contributed by atoms with E-state index in [9.17, 15) is 18.0 Å². The summed E-state index contributed by atoms with van der Waals surface area (Å²) in [6, 6.07) is 7.45. The largest absolute Gasteiger partial charge is 0.438 e. The fourth-order valence-corrected chi connectivity index (χ4v) is 1.59. The number of carbonyl (C=O) groups excluding carboxylic acids is 1. The zero-order chi connectivity index (χ0) is 14.8.